The first kappa shape index (κ1) is 27.6. The van der Waals surface area contributed by atoms with E-state index in [2.05, 4.69) is 141 Å². The van der Waals surface area contributed by atoms with Crippen LogP contribution in [0.1, 0.15) is 0 Å². The molecule has 0 atom stereocenters. The second kappa shape index (κ2) is 11.6. The van der Waals surface area contributed by atoms with Crippen LogP contribution in [0.3, 0.4) is 0 Å². The monoisotopic (exact) mass is 618 g/mol. The van der Waals surface area contributed by atoms with Gasteiger partial charge in [-0.05, 0) is 96.4 Å². The van der Waals surface area contributed by atoms with Gasteiger partial charge in [-0.25, -0.2) is 9.97 Å². The minimum absolute atomic E-state index is 0.482. The Morgan fingerprint density at radius 3 is 1.46 bits per heavy atom. The number of pyridine rings is 2. The molecule has 4 heterocycles. The van der Waals surface area contributed by atoms with Crippen molar-refractivity contribution < 1.29 is 8.83 Å². The molecule has 0 bridgehead atoms. The van der Waals surface area contributed by atoms with Gasteiger partial charge >= 0.3 is 0 Å². The van der Waals surface area contributed by atoms with E-state index in [1.165, 1.54) is 11.1 Å². The summed E-state index contributed by atoms with van der Waals surface area (Å²) in [5, 5.41) is 4.47. The second-order valence-corrected chi connectivity index (χ2v) is 11.5. The summed E-state index contributed by atoms with van der Waals surface area (Å²) in [6.07, 6.45) is 10.1. The molecule has 0 saturated heterocycles. The Balaban J connectivity index is 1.36. The fourth-order valence-electron chi connectivity index (χ4n) is 6.68. The second-order valence-electron chi connectivity index (χ2n) is 11.5. The molecule has 9 rings (SSSR count). The molecule has 226 valence electrons. The largest absolute Gasteiger partial charge is 0.443 e. The molecule has 0 radical (unpaired) electrons. The van der Waals surface area contributed by atoms with E-state index in [1.54, 1.807) is 24.9 Å². The lowest BCUT2D eigenvalue weighted by atomic mass is 9.84. The fraction of sp³-hybridized carbons (Fsp3) is 0. The molecular formula is C42H26N4O2. The lowest BCUT2D eigenvalue weighted by Crippen LogP contribution is -1.94. The van der Waals surface area contributed by atoms with Crippen LogP contribution in [-0.4, -0.2) is 19.9 Å². The van der Waals surface area contributed by atoms with E-state index in [-0.39, 0.29) is 0 Å². The van der Waals surface area contributed by atoms with Crippen molar-refractivity contribution in [2.24, 2.45) is 0 Å². The van der Waals surface area contributed by atoms with Crippen molar-refractivity contribution in [1.29, 1.82) is 0 Å². The lowest BCUT2D eigenvalue weighted by molar-refractivity contribution is 0.572. The number of fused-ring (bicyclic) bond motifs is 2. The summed E-state index contributed by atoms with van der Waals surface area (Å²) in [6.45, 7) is 0. The summed E-state index contributed by atoms with van der Waals surface area (Å²) in [5.74, 6) is 0.966. The van der Waals surface area contributed by atoms with E-state index < -0.39 is 0 Å². The Morgan fingerprint density at radius 2 is 0.875 bits per heavy atom. The van der Waals surface area contributed by atoms with Gasteiger partial charge in [0.1, 0.15) is 23.9 Å². The van der Waals surface area contributed by atoms with Crippen molar-refractivity contribution in [3.05, 3.63) is 159 Å². The van der Waals surface area contributed by atoms with Gasteiger partial charge in [0.05, 0.1) is 12.4 Å². The molecule has 0 N–H and O–H groups in total. The van der Waals surface area contributed by atoms with Crippen molar-refractivity contribution in [1.82, 2.24) is 19.9 Å². The molecule has 5 aromatic carbocycles. The first-order chi connectivity index (χ1) is 23.8. The number of oxazole rings is 2. The summed E-state index contributed by atoms with van der Waals surface area (Å²) in [6, 6.07) is 42.7. The molecule has 0 amide bonds. The van der Waals surface area contributed by atoms with Crippen molar-refractivity contribution >= 4 is 21.5 Å². The highest BCUT2D eigenvalue weighted by atomic mass is 16.3. The van der Waals surface area contributed by atoms with Gasteiger partial charge in [0.15, 0.2) is 0 Å². The molecule has 0 spiro atoms. The van der Waals surface area contributed by atoms with Gasteiger partial charge in [0, 0.05) is 12.4 Å². The number of rotatable bonds is 6. The Morgan fingerprint density at radius 1 is 0.354 bits per heavy atom. The maximum absolute atomic E-state index is 5.64. The molecule has 9 aromatic rings. The molecule has 0 unspecified atom stereocenters. The molecule has 6 heteroatoms. The van der Waals surface area contributed by atoms with Gasteiger partial charge in [-0.15, -0.1) is 0 Å². The maximum Gasteiger partial charge on any atom is 0.245 e. The van der Waals surface area contributed by atoms with Gasteiger partial charge in [-0.1, -0.05) is 91.0 Å². The zero-order valence-electron chi connectivity index (χ0n) is 25.6. The Bertz CT molecular complexity index is 2560. The van der Waals surface area contributed by atoms with E-state index in [4.69, 9.17) is 8.83 Å². The molecule has 0 aliphatic heterocycles. The molecule has 0 saturated carbocycles. The Hall–Kier alpha value is -6.66. The van der Waals surface area contributed by atoms with Gasteiger partial charge in [-0.2, -0.15) is 0 Å². The minimum Gasteiger partial charge on any atom is -0.443 e. The molecule has 6 nitrogen and oxygen atoms in total. The van der Waals surface area contributed by atoms with E-state index in [0.717, 1.165) is 54.9 Å². The third-order valence-electron chi connectivity index (χ3n) is 8.75. The third-order valence-corrected chi connectivity index (χ3v) is 8.75. The predicted molar refractivity (Wildman–Crippen MR) is 190 cm³/mol. The van der Waals surface area contributed by atoms with Gasteiger partial charge in [-0.3, -0.25) is 9.97 Å². The third kappa shape index (κ3) is 4.75. The number of benzene rings is 5. The topological polar surface area (TPSA) is 77.8 Å². The zero-order valence-corrected chi connectivity index (χ0v) is 25.6. The molecule has 4 aromatic heterocycles. The van der Waals surface area contributed by atoms with Crippen LogP contribution in [0.4, 0.5) is 0 Å². The molecule has 48 heavy (non-hydrogen) atoms. The van der Waals surface area contributed by atoms with Crippen molar-refractivity contribution in [2.75, 3.05) is 0 Å². The lowest BCUT2D eigenvalue weighted by Gasteiger charge is -2.19. The minimum atomic E-state index is 0.482. The quantitative estimate of drug-likeness (QED) is 0.173. The van der Waals surface area contributed by atoms with Crippen LogP contribution in [0, 0.1) is 0 Å². The number of hydrogen-bond donors (Lipinski definition) is 0. The average molecular weight is 619 g/mol. The Labute approximate surface area is 276 Å². The molecular weight excluding hydrogens is 592 g/mol. The predicted octanol–water partition coefficient (Wildman–Crippen LogP) is 10.8. The van der Waals surface area contributed by atoms with Gasteiger partial charge in [0.25, 0.3) is 0 Å². The number of nitrogens with zero attached hydrogens (tertiary/aromatic N) is 4. The van der Waals surface area contributed by atoms with E-state index in [0.29, 0.717) is 23.2 Å². The van der Waals surface area contributed by atoms with Crippen LogP contribution in [0.15, 0.2) is 167 Å². The molecule has 0 aliphatic carbocycles. The summed E-state index contributed by atoms with van der Waals surface area (Å²) >= 11 is 0. The van der Waals surface area contributed by atoms with Crippen molar-refractivity contribution in [2.45, 2.75) is 0 Å². The molecule has 0 fully saturated rings. The number of aromatic nitrogens is 4. The van der Waals surface area contributed by atoms with E-state index in [1.807, 2.05) is 12.4 Å². The number of hydrogen-bond acceptors (Lipinski definition) is 6. The standard InChI is InChI=1S/C42H26N4O2/c1-2-8-27(9-3-1)31-10-4-5-11-32(31)28-14-15-35-36(24-28)40(30-17-19-44-38(26-30)42-46-21-23-48-42)34-13-7-6-12-33(34)39(35)29-16-18-43-37(25-29)41-45-20-22-47-41/h1-26H. The highest BCUT2D eigenvalue weighted by Gasteiger charge is 2.20. The highest BCUT2D eigenvalue weighted by molar-refractivity contribution is 6.22. The average Bonchev–Trinajstić information content (AvgIpc) is 3.90. The van der Waals surface area contributed by atoms with Crippen LogP contribution in [0.5, 0.6) is 0 Å². The highest BCUT2D eigenvalue weighted by Crippen LogP contribution is 2.46. The van der Waals surface area contributed by atoms with E-state index >= 15 is 0 Å². The van der Waals surface area contributed by atoms with Crippen LogP contribution in [0.2, 0.25) is 0 Å². The first-order valence-electron chi connectivity index (χ1n) is 15.7. The van der Waals surface area contributed by atoms with Crippen molar-refractivity contribution in [3.8, 4) is 67.7 Å². The summed E-state index contributed by atoms with van der Waals surface area (Å²) < 4.78 is 11.3. The van der Waals surface area contributed by atoms with Gasteiger partial charge in [0.2, 0.25) is 11.8 Å². The van der Waals surface area contributed by atoms with Crippen LogP contribution in [-0.2, 0) is 0 Å². The maximum atomic E-state index is 5.64. The SMILES string of the molecule is c1ccc(-c2ccccc2-c2ccc3c(-c4ccnc(-c5ncco5)c4)c4ccccc4c(-c4ccnc(-c5ncco5)c4)c3c2)cc1. The first-order valence-corrected chi connectivity index (χ1v) is 15.7. The summed E-state index contributed by atoms with van der Waals surface area (Å²) in [5.41, 5.74) is 10.3. The smallest absolute Gasteiger partial charge is 0.245 e. The molecule has 0 aliphatic rings. The Kier molecular flexibility index (Phi) is 6.68. The summed E-state index contributed by atoms with van der Waals surface area (Å²) in [4.78, 5) is 17.9. The van der Waals surface area contributed by atoms with E-state index in [9.17, 15) is 0 Å². The van der Waals surface area contributed by atoms with Crippen molar-refractivity contribution in [3.63, 3.8) is 0 Å². The fourth-order valence-corrected chi connectivity index (χ4v) is 6.68. The van der Waals surface area contributed by atoms with Crippen LogP contribution in [0.25, 0.3) is 89.2 Å². The van der Waals surface area contributed by atoms with Crippen LogP contribution >= 0.6 is 0 Å². The zero-order chi connectivity index (χ0) is 31.9. The summed E-state index contributed by atoms with van der Waals surface area (Å²) in [7, 11) is 0. The van der Waals surface area contributed by atoms with Crippen LogP contribution < -0.4 is 0 Å². The normalized spacial score (nSPS) is 11.3. The van der Waals surface area contributed by atoms with Gasteiger partial charge < -0.3 is 8.83 Å².